The second-order valence-corrected chi connectivity index (χ2v) is 9.55. The van der Waals surface area contributed by atoms with Crippen molar-refractivity contribution < 1.29 is 4.74 Å². The summed E-state index contributed by atoms with van der Waals surface area (Å²) in [5.41, 5.74) is 5.13. The van der Waals surface area contributed by atoms with Crippen LogP contribution in [0.25, 0.3) is 0 Å². The molecule has 0 bridgehead atoms. The van der Waals surface area contributed by atoms with Crippen LogP contribution in [0, 0.1) is 12.8 Å². The summed E-state index contributed by atoms with van der Waals surface area (Å²) in [6.45, 7) is 23.9. The minimum atomic E-state index is -0.502. The molecule has 3 nitrogen and oxygen atoms in total. The SMILES string of the molecule is C=CC1=C(C=C)C(C)CC2(CC1)Oc1ccc(C)cc1C21N/C(=C/C)N(C(C)C)C1=C. The molecule has 2 heterocycles. The van der Waals surface area contributed by atoms with Gasteiger partial charge in [-0.05, 0) is 82.2 Å². The minimum absolute atomic E-state index is 0.297. The first-order valence-electron chi connectivity index (χ1n) is 11.5. The van der Waals surface area contributed by atoms with Gasteiger partial charge in [0.15, 0.2) is 0 Å². The Kier molecular flexibility index (Phi) is 5.20. The Balaban J connectivity index is 1.95. The molecule has 1 aliphatic carbocycles. The lowest BCUT2D eigenvalue weighted by atomic mass is 9.69. The average molecular weight is 417 g/mol. The van der Waals surface area contributed by atoms with Crippen molar-refractivity contribution in [3.05, 3.63) is 90.0 Å². The van der Waals surface area contributed by atoms with Gasteiger partial charge in [-0.3, -0.25) is 0 Å². The van der Waals surface area contributed by atoms with Crippen molar-refractivity contribution >= 4 is 0 Å². The number of nitrogens with one attached hydrogen (secondary N) is 1. The number of hydrogen-bond acceptors (Lipinski definition) is 3. The van der Waals surface area contributed by atoms with Crippen LogP contribution in [-0.2, 0) is 5.54 Å². The van der Waals surface area contributed by atoms with E-state index in [-0.39, 0.29) is 0 Å². The molecular formula is C28H36N2O. The maximum atomic E-state index is 6.98. The first-order chi connectivity index (χ1) is 14.7. The molecule has 164 valence electrons. The summed E-state index contributed by atoms with van der Waals surface area (Å²) in [4.78, 5) is 2.34. The molecule has 1 aromatic carbocycles. The maximum Gasteiger partial charge on any atom is 0.147 e. The smallest absolute Gasteiger partial charge is 0.147 e. The molecule has 4 rings (SSSR count). The molecule has 1 aromatic rings. The number of hydrogen-bond donors (Lipinski definition) is 1. The van der Waals surface area contributed by atoms with Gasteiger partial charge in [0.05, 0.1) is 0 Å². The molecule has 2 aliphatic heterocycles. The van der Waals surface area contributed by atoms with Crippen LogP contribution >= 0.6 is 0 Å². The Bertz CT molecular complexity index is 1010. The number of aryl methyl sites for hydroxylation is 1. The number of fused-ring (bicyclic) bond motifs is 3. The highest BCUT2D eigenvalue weighted by Gasteiger charge is 2.66. The standard InChI is InChI=1S/C28H36N2O/c1-9-22-14-15-27(17-20(7)23(22)10-2)28(24-16-19(6)12-13-25(24)31-27)21(8)30(18(4)5)26(11-3)29-28/h9-13,16,18,20,29H,1-2,8,14-15,17H2,3-7H3/b26-11-. The molecule has 0 radical (unpaired) electrons. The Labute approximate surface area is 187 Å². The molecule has 0 amide bonds. The zero-order valence-corrected chi connectivity index (χ0v) is 19.7. The summed E-state index contributed by atoms with van der Waals surface area (Å²) in [6.07, 6.45) is 8.84. The van der Waals surface area contributed by atoms with E-state index < -0.39 is 11.1 Å². The van der Waals surface area contributed by atoms with Crippen LogP contribution < -0.4 is 10.1 Å². The van der Waals surface area contributed by atoms with E-state index in [4.69, 9.17) is 11.3 Å². The van der Waals surface area contributed by atoms with Gasteiger partial charge in [-0.15, -0.1) is 0 Å². The molecule has 0 saturated carbocycles. The monoisotopic (exact) mass is 416 g/mol. The highest BCUT2D eigenvalue weighted by Crippen LogP contribution is 2.61. The second-order valence-electron chi connectivity index (χ2n) is 9.55. The second kappa shape index (κ2) is 7.47. The molecule has 1 saturated heterocycles. The van der Waals surface area contributed by atoms with Gasteiger partial charge in [-0.25, -0.2) is 0 Å². The van der Waals surface area contributed by atoms with Crippen LogP contribution in [0.1, 0.15) is 58.1 Å². The van der Waals surface area contributed by atoms with Crippen molar-refractivity contribution in [2.75, 3.05) is 0 Å². The van der Waals surface area contributed by atoms with Gasteiger partial charge in [0.1, 0.15) is 22.7 Å². The number of benzene rings is 1. The third kappa shape index (κ3) is 2.86. The van der Waals surface area contributed by atoms with E-state index in [0.29, 0.717) is 12.0 Å². The van der Waals surface area contributed by atoms with Crippen LogP contribution in [0.15, 0.2) is 78.8 Å². The zero-order valence-electron chi connectivity index (χ0n) is 19.7. The molecular weight excluding hydrogens is 380 g/mol. The molecule has 0 aromatic heterocycles. The van der Waals surface area contributed by atoms with Gasteiger partial charge in [-0.1, -0.05) is 50.4 Å². The van der Waals surface area contributed by atoms with Crippen LogP contribution in [0.3, 0.4) is 0 Å². The maximum absolute atomic E-state index is 6.98. The number of allylic oxidation sites excluding steroid dienone is 5. The Morgan fingerprint density at radius 2 is 2.00 bits per heavy atom. The Morgan fingerprint density at radius 1 is 1.26 bits per heavy atom. The lowest BCUT2D eigenvalue weighted by Gasteiger charge is -2.44. The van der Waals surface area contributed by atoms with E-state index >= 15 is 0 Å². The van der Waals surface area contributed by atoms with Gasteiger partial charge >= 0.3 is 0 Å². The highest BCUT2D eigenvalue weighted by molar-refractivity contribution is 5.58. The van der Waals surface area contributed by atoms with Gasteiger partial charge in [0.25, 0.3) is 0 Å². The predicted molar refractivity (Wildman–Crippen MR) is 130 cm³/mol. The summed E-state index contributed by atoms with van der Waals surface area (Å²) in [5, 5.41) is 3.95. The molecule has 3 heteroatoms. The molecule has 3 aliphatic rings. The summed E-state index contributed by atoms with van der Waals surface area (Å²) < 4.78 is 6.98. The van der Waals surface area contributed by atoms with Crippen LogP contribution in [-0.4, -0.2) is 16.5 Å². The summed E-state index contributed by atoms with van der Waals surface area (Å²) in [7, 11) is 0. The fourth-order valence-corrected chi connectivity index (χ4v) is 6.10. The van der Waals surface area contributed by atoms with Gasteiger partial charge in [0, 0.05) is 17.3 Å². The van der Waals surface area contributed by atoms with E-state index in [1.807, 2.05) is 12.2 Å². The van der Waals surface area contributed by atoms with Gasteiger partial charge < -0.3 is 15.0 Å². The van der Waals surface area contributed by atoms with Crippen molar-refractivity contribution in [1.82, 2.24) is 10.2 Å². The van der Waals surface area contributed by atoms with Gasteiger partial charge in [-0.2, -0.15) is 0 Å². The molecule has 31 heavy (non-hydrogen) atoms. The summed E-state index contributed by atoms with van der Waals surface area (Å²) in [5.74, 6) is 2.38. The van der Waals surface area contributed by atoms with Crippen molar-refractivity contribution in [2.45, 2.75) is 71.1 Å². The topological polar surface area (TPSA) is 24.5 Å². The highest BCUT2D eigenvalue weighted by atomic mass is 16.5. The first-order valence-corrected chi connectivity index (χ1v) is 11.5. The molecule has 1 N–H and O–H groups in total. The average Bonchev–Trinajstić information content (AvgIpc) is 3.12. The fraction of sp³-hybridized carbons (Fsp3) is 0.429. The third-order valence-corrected chi connectivity index (χ3v) is 7.42. The first kappa shape index (κ1) is 21.5. The van der Waals surface area contributed by atoms with Crippen molar-refractivity contribution in [3.63, 3.8) is 0 Å². The van der Waals surface area contributed by atoms with Crippen molar-refractivity contribution in [3.8, 4) is 5.75 Å². The molecule has 3 unspecified atom stereocenters. The lowest BCUT2D eigenvalue weighted by Crippen LogP contribution is -2.58. The number of rotatable bonds is 3. The van der Waals surface area contributed by atoms with Crippen molar-refractivity contribution in [2.24, 2.45) is 5.92 Å². The van der Waals surface area contributed by atoms with Crippen LogP contribution in [0.5, 0.6) is 5.75 Å². The van der Waals surface area contributed by atoms with Crippen LogP contribution in [0.4, 0.5) is 0 Å². The number of nitrogens with zero attached hydrogens (tertiary/aromatic N) is 1. The third-order valence-electron chi connectivity index (χ3n) is 7.42. The fourth-order valence-electron chi connectivity index (χ4n) is 6.10. The largest absolute Gasteiger partial charge is 0.484 e. The summed E-state index contributed by atoms with van der Waals surface area (Å²) >= 11 is 0. The normalized spacial score (nSPS) is 31.3. The minimum Gasteiger partial charge on any atom is -0.484 e. The lowest BCUT2D eigenvalue weighted by molar-refractivity contribution is 0.00141. The van der Waals surface area contributed by atoms with Crippen molar-refractivity contribution in [1.29, 1.82) is 0 Å². The van der Waals surface area contributed by atoms with E-state index in [9.17, 15) is 0 Å². The summed E-state index contributed by atoms with van der Waals surface area (Å²) in [6, 6.07) is 6.86. The van der Waals surface area contributed by atoms with E-state index in [1.165, 1.54) is 22.3 Å². The molecule has 1 fully saturated rings. The molecule has 3 atom stereocenters. The van der Waals surface area contributed by atoms with E-state index in [0.717, 1.165) is 36.5 Å². The van der Waals surface area contributed by atoms with E-state index in [2.05, 4.69) is 82.3 Å². The quantitative estimate of drug-likeness (QED) is 0.609. The Hall–Kier alpha value is -2.68. The molecule has 2 spiro atoms. The number of ether oxygens (including phenoxy) is 1. The predicted octanol–water partition coefficient (Wildman–Crippen LogP) is 6.50. The Morgan fingerprint density at radius 3 is 2.58 bits per heavy atom. The van der Waals surface area contributed by atoms with Crippen LogP contribution in [0.2, 0.25) is 0 Å². The van der Waals surface area contributed by atoms with Gasteiger partial charge in [0.2, 0.25) is 0 Å². The zero-order chi connectivity index (χ0) is 22.6. The van der Waals surface area contributed by atoms with E-state index in [1.54, 1.807) is 0 Å².